The Bertz CT molecular complexity index is 1650. The predicted octanol–water partition coefficient (Wildman–Crippen LogP) is 4.05. The van der Waals surface area contributed by atoms with Crippen molar-refractivity contribution in [3.8, 4) is 11.3 Å². The Kier molecular flexibility index (Phi) is 9.15. The molecule has 0 aliphatic rings. The highest BCUT2D eigenvalue weighted by Crippen LogP contribution is 2.23. The van der Waals surface area contributed by atoms with Gasteiger partial charge < -0.3 is 19.9 Å². The third-order valence-electron chi connectivity index (χ3n) is 6.43. The largest absolute Gasteiger partial charge is 0.462 e. The van der Waals surface area contributed by atoms with Crippen LogP contribution in [0.5, 0.6) is 0 Å². The Balaban J connectivity index is 1.77. The Morgan fingerprint density at radius 1 is 0.976 bits per heavy atom. The summed E-state index contributed by atoms with van der Waals surface area (Å²) in [4.78, 5) is 55.8. The number of nitrogens with one attached hydrogen (secondary N) is 2. The molecule has 9 nitrogen and oxygen atoms in total. The standard InChI is InChI=1S/C31H29FN4O5/c1-4-41-31(40)23-7-5-6-22(15-23)27-13-12-26(35-29(38)19(2)33-3)30(39)36(27)18-20-14-24(17-34-16-20)28(37)21-8-10-25(32)11-9-21/h5-17,19,33H,4,18H2,1-3H3,(H,35,38)/t19-/m0/s1. The summed E-state index contributed by atoms with van der Waals surface area (Å²) in [7, 11) is 1.63. The summed E-state index contributed by atoms with van der Waals surface area (Å²) in [5.74, 6) is -1.69. The van der Waals surface area contributed by atoms with Gasteiger partial charge in [0, 0.05) is 23.5 Å². The van der Waals surface area contributed by atoms with Crippen molar-refractivity contribution in [1.29, 1.82) is 0 Å². The van der Waals surface area contributed by atoms with E-state index in [0.717, 1.165) is 0 Å². The molecule has 0 saturated heterocycles. The van der Waals surface area contributed by atoms with Crippen LogP contribution in [-0.2, 0) is 16.1 Å². The van der Waals surface area contributed by atoms with Gasteiger partial charge in [0.25, 0.3) is 5.56 Å². The number of halogens is 1. The number of benzene rings is 2. The van der Waals surface area contributed by atoms with Gasteiger partial charge in [-0.15, -0.1) is 0 Å². The summed E-state index contributed by atoms with van der Waals surface area (Å²) >= 11 is 0. The van der Waals surface area contributed by atoms with Crippen LogP contribution in [0.4, 0.5) is 10.1 Å². The van der Waals surface area contributed by atoms with Crippen molar-refractivity contribution in [2.45, 2.75) is 26.4 Å². The molecular formula is C31H29FN4O5. The monoisotopic (exact) mass is 556 g/mol. The number of amides is 1. The molecule has 0 aliphatic heterocycles. The lowest BCUT2D eigenvalue weighted by molar-refractivity contribution is -0.117. The van der Waals surface area contributed by atoms with Gasteiger partial charge in [-0.3, -0.25) is 19.4 Å². The fourth-order valence-corrected chi connectivity index (χ4v) is 4.12. The molecule has 4 aromatic rings. The molecule has 10 heteroatoms. The van der Waals surface area contributed by atoms with Crippen molar-refractivity contribution >= 4 is 23.3 Å². The van der Waals surface area contributed by atoms with Gasteiger partial charge in [0.2, 0.25) is 5.91 Å². The van der Waals surface area contributed by atoms with Gasteiger partial charge in [0.1, 0.15) is 11.5 Å². The van der Waals surface area contributed by atoms with E-state index in [1.54, 1.807) is 57.3 Å². The van der Waals surface area contributed by atoms with Crippen LogP contribution < -0.4 is 16.2 Å². The van der Waals surface area contributed by atoms with Crippen molar-refractivity contribution in [2.75, 3.05) is 19.0 Å². The van der Waals surface area contributed by atoms with Crippen LogP contribution in [0.15, 0.2) is 83.9 Å². The van der Waals surface area contributed by atoms with Crippen LogP contribution in [0.25, 0.3) is 11.3 Å². The van der Waals surface area contributed by atoms with Crippen LogP contribution in [0.2, 0.25) is 0 Å². The molecule has 0 saturated carbocycles. The number of nitrogens with zero attached hydrogens (tertiary/aromatic N) is 2. The van der Waals surface area contributed by atoms with E-state index >= 15 is 0 Å². The molecule has 2 heterocycles. The van der Waals surface area contributed by atoms with Crippen molar-refractivity contribution in [3.63, 3.8) is 0 Å². The summed E-state index contributed by atoms with van der Waals surface area (Å²) in [6.07, 6.45) is 2.93. The number of anilines is 1. The van der Waals surface area contributed by atoms with Crippen molar-refractivity contribution < 1.29 is 23.5 Å². The first-order valence-corrected chi connectivity index (χ1v) is 13.0. The number of hydrogen-bond donors (Lipinski definition) is 2. The van der Waals surface area contributed by atoms with E-state index in [-0.39, 0.29) is 36.1 Å². The number of carbonyl (C=O) groups excluding carboxylic acids is 3. The molecule has 0 radical (unpaired) electrons. The molecule has 0 aliphatic carbocycles. The van der Waals surface area contributed by atoms with Crippen LogP contribution in [-0.4, -0.2) is 46.9 Å². The zero-order chi connectivity index (χ0) is 29.5. The second-order valence-electron chi connectivity index (χ2n) is 9.24. The topological polar surface area (TPSA) is 119 Å². The first-order valence-electron chi connectivity index (χ1n) is 13.0. The summed E-state index contributed by atoms with van der Waals surface area (Å²) in [6.45, 7) is 3.59. The molecule has 0 unspecified atom stereocenters. The third-order valence-corrected chi connectivity index (χ3v) is 6.43. The minimum atomic E-state index is -0.540. The molecule has 0 spiro atoms. The second-order valence-corrected chi connectivity index (χ2v) is 9.24. The fourth-order valence-electron chi connectivity index (χ4n) is 4.12. The van der Waals surface area contributed by atoms with Gasteiger partial charge in [-0.25, -0.2) is 9.18 Å². The molecule has 41 heavy (non-hydrogen) atoms. The lowest BCUT2D eigenvalue weighted by atomic mass is 10.0. The average molecular weight is 557 g/mol. The fraction of sp³-hybridized carbons (Fsp3) is 0.194. The van der Waals surface area contributed by atoms with E-state index in [1.165, 1.54) is 47.3 Å². The van der Waals surface area contributed by atoms with E-state index < -0.39 is 23.4 Å². The number of rotatable bonds is 10. The number of hydrogen-bond acceptors (Lipinski definition) is 7. The zero-order valence-corrected chi connectivity index (χ0v) is 22.8. The van der Waals surface area contributed by atoms with Gasteiger partial charge in [0.15, 0.2) is 5.78 Å². The third kappa shape index (κ3) is 6.79. The Morgan fingerprint density at radius 3 is 2.44 bits per heavy atom. The molecule has 4 rings (SSSR count). The van der Waals surface area contributed by atoms with Crippen LogP contribution in [0.3, 0.4) is 0 Å². The summed E-state index contributed by atoms with van der Waals surface area (Å²) in [6, 6.07) is 16.1. The quantitative estimate of drug-likeness (QED) is 0.223. The maximum absolute atomic E-state index is 13.7. The maximum atomic E-state index is 13.7. The number of ketones is 1. The number of esters is 1. The van der Waals surface area contributed by atoms with E-state index in [1.807, 2.05) is 0 Å². The van der Waals surface area contributed by atoms with Gasteiger partial charge in [-0.1, -0.05) is 12.1 Å². The molecule has 2 N–H and O–H groups in total. The predicted molar refractivity (Wildman–Crippen MR) is 152 cm³/mol. The highest BCUT2D eigenvalue weighted by Gasteiger charge is 2.18. The highest BCUT2D eigenvalue weighted by atomic mass is 19.1. The van der Waals surface area contributed by atoms with E-state index in [0.29, 0.717) is 27.9 Å². The normalized spacial score (nSPS) is 11.5. The van der Waals surface area contributed by atoms with Crippen molar-refractivity contribution in [2.24, 2.45) is 0 Å². The Morgan fingerprint density at radius 2 is 1.73 bits per heavy atom. The number of pyridine rings is 2. The van der Waals surface area contributed by atoms with Gasteiger partial charge in [-0.05, 0) is 86.6 Å². The smallest absolute Gasteiger partial charge is 0.338 e. The molecule has 1 amide bonds. The first kappa shape index (κ1) is 29.0. The minimum absolute atomic E-state index is 0.000625. The van der Waals surface area contributed by atoms with E-state index in [4.69, 9.17) is 4.74 Å². The Hall–Kier alpha value is -4.96. The maximum Gasteiger partial charge on any atom is 0.338 e. The van der Waals surface area contributed by atoms with E-state index in [2.05, 4.69) is 15.6 Å². The van der Waals surface area contributed by atoms with Crippen LogP contribution in [0, 0.1) is 5.82 Å². The summed E-state index contributed by atoms with van der Waals surface area (Å²) in [5.41, 5.74) is 2.02. The molecule has 2 aromatic heterocycles. The summed E-state index contributed by atoms with van der Waals surface area (Å²) < 4.78 is 19.9. The lowest BCUT2D eigenvalue weighted by Crippen LogP contribution is -2.37. The van der Waals surface area contributed by atoms with Gasteiger partial charge >= 0.3 is 5.97 Å². The number of aromatic nitrogens is 2. The van der Waals surface area contributed by atoms with Crippen molar-refractivity contribution in [3.05, 3.63) is 118 Å². The average Bonchev–Trinajstić information content (AvgIpc) is 2.99. The summed E-state index contributed by atoms with van der Waals surface area (Å²) in [5, 5.41) is 5.49. The first-order chi connectivity index (χ1) is 19.7. The molecule has 1 atom stereocenters. The minimum Gasteiger partial charge on any atom is -0.462 e. The van der Waals surface area contributed by atoms with Crippen molar-refractivity contribution in [1.82, 2.24) is 14.9 Å². The second kappa shape index (κ2) is 12.9. The number of ether oxygens (including phenoxy) is 1. The molecular weight excluding hydrogens is 527 g/mol. The number of likely N-dealkylation sites (N-methyl/N-ethyl adjacent to an activating group) is 1. The van der Waals surface area contributed by atoms with Gasteiger partial charge in [0.05, 0.1) is 30.5 Å². The highest BCUT2D eigenvalue weighted by molar-refractivity contribution is 6.08. The van der Waals surface area contributed by atoms with Crippen LogP contribution >= 0.6 is 0 Å². The zero-order valence-electron chi connectivity index (χ0n) is 22.8. The number of carbonyl (C=O) groups is 3. The molecule has 210 valence electrons. The lowest BCUT2D eigenvalue weighted by Gasteiger charge is -2.17. The van der Waals surface area contributed by atoms with Gasteiger partial charge in [-0.2, -0.15) is 0 Å². The molecule has 0 bridgehead atoms. The molecule has 0 fully saturated rings. The molecule has 2 aromatic carbocycles. The SMILES string of the molecule is CCOC(=O)c1cccc(-c2ccc(NC(=O)[C@H](C)NC)c(=O)n2Cc2cncc(C(=O)c3ccc(F)cc3)c2)c1. The van der Waals surface area contributed by atoms with Crippen LogP contribution in [0.1, 0.15) is 45.7 Å². The Labute approximate surface area is 236 Å². The van der Waals surface area contributed by atoms with E-state index in [9.17, 15) is 23.6 Å².